The van der Waals surface area contributed by atoms with Gasteiger partial charge in [-0.1, -0.05) is 32.6 Å². The molecule has 1 N–H and O–H groups in total. The molecule has 2 aromatic heterocycles. The number of carbonyl (C=O) groups is 2. The van der Waals surface area contributed by atoms with Crippen LogP contribution in [0.2, 0.25) is 0 Å². The van der Waals surface area contributed by atoms with Crippen LogP contribution in [0.4, 0.5) is 0 Å². The van der Waals surface area contributed by atoms with Gasteiger partial charge in [0.2, 0.25) is 0 Å². The van der Waals surface area contributed by atoms with Gasteiger partial charge < -0.3 is 14.1 Å². The maximum Gasteiger partial charge on any atom is 0.355 e. The van der Waals surface area contributed by atoms with Gasteiger partial charge in [-0.2, -0.15) is 0 Å². The maximum atomic E-state index is 12.6. The highest BCUT2D eigenvalue weighted by atomic mass is 16.5. The number of esters is 1. The molecule has 1 aliphatic carbocycles. The van der Waals surface area contributed by atoms with Crippen molar-refractivity contribution < 1.29 is 18.7 Å². The largest absolute Gasteiger partial charge is 0.469 e. The first kappa shape index (κ1) is 18.5. The molecular formula is C21H27NO4. The first-order valence-electron chi connectivity index (χ1n) is 9.57. The van der Waals surface area contributed by atoms with Crippen LogP contribution < -0.4 is 0 Å². The molecule has 0 unspecified atom stereocenters. The van der Waals surface area contributed by atoms with Crippen molar-refractivity contribution >= 4 is 11.8 Å². The summed E-state index contributed by atoms with van der Waals surface area (Å²) in [6.45, 7) is 4.42. The van der Waals surface area contributed by atoms with Gasteiger partial charge >= 0.3 is 5.97 Å². The molecule has 0 spiro atoms. The Hall–Kier alpha value is -2.30. The van der Waals surface area contributed by atoms with Gasteiger partial charge in [0.05, 0.1) is 12.9 Å². The summed E-state index contributed by atoms with van der Waals surface area (Å²) in [6, 6.07) is 3.73. The molecule has 0 fully saturated rings. The van der Waals surface area contributed by atoms with Crippen molar-refractivity contribution in [3.8, 4) is 0 Å². The quantitative estimate of drug-likeness (QED) is 0.535. The number of ether oxygens (including phenoxy) is 1. The Labute approximate surface area is 154 Å². The third-order valence-corrected chi connectivity index (χ3v) is 5.12. The smallest absolute Gasteiger partial charge is 0.355 e. The average molecular weight is 357 g/mol. The third-order valence-electron chi connectivity index (χ3n) is 5.12. The van der Waals surface area contributed by atoms with Gasteiger partial charge in [-0.3, -0.25) is 4.79 Å². The predicted octanol–water partition coefficient (Wildman–Crippen LogP) is 4.96. The summed E-state index contributed by atoms with van der Waals surface area (Å²) in [4.78, 5) is 28.1. The van der Waals surface area contributed by atoms with E-state index in [4.69, 9.17) is 9.15 Å². The lowest BCUT2D eigenvalue weighted by molar-refractivity contribution is 0.0490. The van der Waals surface area contributed by atoms with E-state index in [1.54, 1.807) is 6.26 Å². The third kappa shape index (κ3) is 3.92. The SMILES string of the molecule is CCCCCCCOC(=O)c1[nH]c2c(c1C)C(=O)C[C@@H](c1ccco1)C2. The summed E-state index contributed by atoms with van der Waals surface area (Å²) < 4.78 is 10.9. The molecule has 1 atom stereocenters. The number of aromatic nitrogens is 1. The minimum atomic E-state index is -0.366. The highest BCUT2D eigenvalue weighted by molar-refractivity contribution is 6.03. The Morgan fingerprint density at radius 2 is 2.08 bits per heavy atom. The lowest BCUT2D eigenvalue weighted by Crippen LogP contribution is -2.18. The predicted molar refractivity (Wildman–Crippen MR) is 98.7 cm³/mol. The molecule has 5 heteroatoms. The van der Waals surface area contributed by atoms with E-state index >= 15 is 0 Å². The van der Waals surface area contributed by atoms with Gasteiger partial charge in [0, 0.05) is 23.6 Å². The molecule has 5 nitrogen and oxygen atoms in total. The molecule has 0 radical (unpaired) electrons. The summed E-state index contributed by atoms with van der Waals surface area (Å²) >= 11 is 0. The Balaban J connectivity index is 1.65. The van der Waals surface area contributed by atoms with E-state index in [2.05, 4.69) is 11.9 Å². The monoisotopic (exact) mass is 357 g/mol. The van der Waals surface area contributed by atoms with Crippen LogP contribution >= 0.6 is 0 Å². The molecule has 1 aliphatic rings. The summed E-state index contributed by atoms with van der Waals surface area (Å²) in [7, 11) is 0. The molecule has 2 heterocycles. The number of ketones is 1. The van der Waals surface area contributed by atoms with Crippen LogP contribution in [0.1, 0.15) is 89.2 Å². The van der Waals surface area contributed by atoms with Crippen LogP contribution in [0.3, 0.4) is 0 Å². The van der Waals surface area contributed by atoms with Crippen molar-refractivity contribution in [3.63, 3.8) is 0 Å². The lowest BCUT2D eigenvalue weighted by Gasteiger charge is -2.19. The van der Waals surface area contributed by atoms with Gasteiger partial charge in [0.1, 0.15) is 11.5 Å². The van der Waals surface area contributed by atoms with Crippen LogP contribution in [0, 0.1) is 6.92 Å². The number of carbonyl (C=O) groups excluding carboxylic acids is 2. The van der Waals surface area contributed by atoms with Crippen molar-refractivity contribution in [3.05, 3.63) is 46.7 Å². The topological polar surface area (TPSA) is 72.3 Å². The molecule has 0 aromatic carbocycles. The van der Waals surface area contributed by atoms with Crippen molar-refractivity contribution in [1.82, 2.24) is 4.98 Å². The number of H-pyrrole nitrogens is 1. The Morgan fingerprint density at radius 1 is 1.27 bits per heavy atom. The van der Waals surface area contributed by atoms with Crippen LogP contribution in [0.25, 0.3) is 0 Å². The maximum absolute atomic E-state index is 12.6. The van der Waals surface area contributed by atoms with Crippen LogP contribution in [0.15, 0.2) is 22.8 Å². The van der Waals surface area contributed by atoms with E-state index in [0.29, 0.717) is 36.3 Å². The number of hydrogen-bond acceptors (Lipinski definition) is 4. The minimum absolute atomic E-state index is 0.0190. The van der Waals surface area contributed by atoms with Crippen molar-refractivity contribution in [1.29, 1.82) is 0 Å². The van der Waals surface area contributed by atoms with E-state index in [9.17, 15) is 9.59 Å². The van der Waals surface area contributed by atoms with E-state index in [1.807, 2.05) is 19.1 Å². The number of aromatic amines is 1. The number of rotatable bonds is 8. The number of unbranched alkanes of at least 4 members (excludes halogenated alkanes) is 4. The second-order valence-corrected chi connectivity index (χ2v) is 7.07. The van der Waals surface area contributed by atoms with Gasteiger partial charge in [-0.25, -0.2) is 4.79 Å². The van der Waals surface area contributed by atoms with E-state index in [0.717, 1.165) is 24.3 Å². The van der Waals surface area contributed by atoms with Crippen LogP contribution in [-0.4, -0.2) is 23.3 Å². The van der Waals surface area contributed by atoms with Gasteiger partial charge in [-0.05, 0) is 37.5 Å². The van der Waals surface area contributed by atoms with Gasteiger partial charge in [0.25, 0.3) is 0 Å². The molecule has 26 heavy (non-hydrogen) atoms. The number of fused-ring (bicyclic) bond motifs is 1. The zero-order valence-corrected chi connectivity index (χ0v) is 15.6. The summed E-state index contributed by atoms with van der Waals surface area (Å²) in [5, 5.41) is 0. The zero-order valence-electron chi connectivity index (χ0n) is 15.6. The van der Waals surface area contributed by atoms with Gasteiger partial charge in [-0.15, -0.1) is 0 Å². The first-order valence-corrected chi connectivity index (χ1v) is 9.57. The fourth-order valence-corrected chi connectivity index (χ4v) is 3.70. The highest BCUT2D eigenvalue weighted by Gasteiger charge is 2.33. The first-order chi connectivity index (χ1) is 12.6. The molecule has 0 bridgehead atoms. The molecule has 0 amide bonds. The summed E-state index contributed by atoms with van der Waals surface area (Å²) in [5.74, 6) is 0.521. The van der Waals surface area contributed by atoms with Crippen molar-refractivity contribution in [2.45, 2.75) is 64.7 Å². The minimum Gasteiger partial charge on any atom is -0.469 e. The number of nitrogens with one attached hydrogen (secondary N) is 1. The molecule has 0 aliphatic heterocycles. The summed E-state index contributed by atoms with van der Waals surface area (Å²) in [6.07, 6.45) is 8.24. The second kappa shape index (κ2) is 8.39. The number of Topliss-reactive ketones (excluding diaryl/α,β-unsaturated/α-hetero) is 1. The second-order valence-electron chi connectivity index (χ2n) is 7.07. The fourth-order valence-electron chi connectivity index (χ4n) is 3.70. The Kier molecular flexibility index (Phi) is 5.96. The molecule has 2 aromatic rings. The molecule has 140 valence electrons. The van der Waals surface area contributed by atoms with Crippen LogP contribution in [-0.2, 0) is 11.2 Å². The standard InChI is InChI=1S/C21H27NO4/c1-3-4-5-6-7-10-26-21(24)20-14(2)19-16(22-20)12-15(13-17(19)23)18-9-8-11-25-18/h8-9,11,15,22H,3-7,10,12-13H2,1-2H3/t15-/m0/s1. The summed E-state index contributed by atoms with van der Waals surface area (Å²) in [5.41, 5.74) is 2.59. The number of furan rings is 1. The number of hydrogen-bond donors (Lipinski definition) is 1. The zero-order chi connectivity index (χ0) is 18.5. The van der Waals surface area contributed by atoms with E-state index in [-0.39, 0.29) is 17.7 Å². The molecule has 3 rings (SSSR count). The van der Waals surface area contributed by atoms with E-state index in [1.165, 1.54) is 19.3 Å². The van der Waals surface area contributed by atoms with Gasteiger partial charge in [0.15, 0.2) is 5.78 Å². The molecule has 0 saturated heterocycles. The average Bonchev–Trinajstić information content (AvgIpc) is 3.26. The van der Waals surface area contributed by atoms with Crippen LogP contribution in [0.5, 0.6) is 0 Å². The Bertz CT molecular complexity index is 757. The Morgan fingerprint density at radius 3 is 2.81 bits per heavy atom. The fraction of sp³-hybridized carbons (Fsp3) is 0.524. The highest BCUT2D eigenvalue weighted by Crippen LogP contribution is 2.35. The van der Waals surface area contributed by atoms with Crippen molar-refractivity contribution in [2.24, 2.45) is 0 Å². The normalized spacial score (nSPS) is 16.5. The molecular weight excluding hydrogens is 330 g/mol. The molecule has 0 saturated carbocycles. The lowest BCUT2D eigenvalue weighted by atomic mass is 9.84. The van der Waals surface area contributed by atoms with Crippen molar-refractivity contribution in [2.75, 3.05) is 6.61 Å². The van der Waals surface area contributed by atoms with E-state index < -0.39 is 0 Å².